The molecule has 0 heterocycles. The van der Waals surface area contributed by atoms with Crippen molar-refractivity contribution in [1.29, 1.82) is 0 Å². The molecular weight excluding hydrogens is 396 g/mol. The van der Waals surface area contributed by atoms with Gasteiger partial charge in [0.2, 0.25) is 0 Å². The van der Waals surface area contributed by atoms with Gasteiger partial charge in [0.1, 0.15) is 11.6 Å². The van der Waals surface area contributed by atoms with Crippen molar-refractivity contribution in [2.75, 3.05) is 19.0 Å². The lowest BCUT2D eigenvalue weighted by molar-refractivity contribution is -0.204. The number of halogens is 4. The highest BCUT2D eigenvalue weighted by Gasteiger charge is 2.64. The summed E-state index contributed by atoms with van der Waals surface area (Å²) in [4.78, 5) is 24.9. The number of alkyl halides is 3. The van der Waals surface area contributed by atoms with Crippen molar-refractivity contribution in [3.63, 3.8) is 0 Å². The van der Waals surface area contributed by atoms with Crippen LogP contribution in [-0.2, 0) is 9.53 Å². The van der Waals surface area contributed by atoms with Crippen molar-refractivity contribution in [3.05, 3.63) is 59.9 Å². The van der Waals surface area contributed by atoms with Gasteiger partial charge in [-0.25, -0.2) is 9.18 Å². The Balaban J connectivity index is 2.54. The molecule has 0 aliphatic carbocycles. The lowest BCUT2D eigenvalue weighted by Gasteiger charge is -2.35. The van der Waals surface area contributed by atoms with E-state index in [9.17, 15) is 27.2 Å². The molecule has 2 N–H and O–H groups in total. The van der Waals surface area contributed by atoms with Crippen LogP contribution in [0.1, 0.15) is 17.3 Å². The molecule has 2 aromatic carbocycles. The molecular formula is C19H18F4N2O4. The van der Waals surface area contributed by atoms with Crippen LogP contribution >= 0.6 is 0 Å². The fourth-order valence-electron chi connectivity index (χ4n) is 2.42. The van der Waals surface area contributed by atoms with Crippen molar-refractivity contribution in [3.8, 4) is 5.75 Å². The second kappa shape index (κ2) is 8.80. The van der Waals surface area contributed by atoms with Gasteiger partial charge >= 0.3 is 17.8 Å². The Hall–Kier alpha value is -3.30. The number of methoxy groups -OCH3 is 1. The third-order valence-corrected chi connectivity index (χ3v) is 3.84. The molecule has 0 aromatic heterocycles. The fraction of sp³-hybridized carbons (Fsp3) is 0.263. The molecule has 2 aromatic rings. The Kier molecular flexibility index (Phi) is 6.68. The average molecular weight is 414 g/mol. The van der Waals surface area contributed by atoms with Crippen molar-refractivity contribution >= 4 is 17.6 Å². The molecule has 0 bridgehead atoms. The zero-order valence-corrected chi connectivity index (χ0v) is 15.5. The lowest BCUT2D eigenvalue weighted by atomic mass is 10.1. The minimum Gasteiger partial charge on any atom is -0.495 e. The van der Waals surface area contributed by atoms with Crippen LogP contribution in [0, 0.1) is 5.82 Å². The number of para-hydroxylation sites is 2. The largest absolute Gasteiger partial charge is 0.495 e. The highest BCUT2D eigenvalue weighted by atomic mass is 19.4. The normalized spacial score (nSPS) is 13.2. The first-order valence-electron chi connectivity index (χ1n) is 8.38. The SMILES string of the molecule is CCOC(=O)[C@](NC(=O)c1ccc(F)cc1)(Nc1ccccc1OC)C(F)(F)F. The van der Waals surface area contributed by atoms with Crippen molar-refractivity contribution in [2.45, 2.75) is 18.8 Å². The maximum atomic E-state index is 14.1. The Morgan fingerprint density at radius 1 is 1.03 bits per heavy atom. The van der Waals surface area contributed by atoms with Gasteiger partial charge < -0.3 is 20.1 Å². The summed E-state index contributed by atoms with van der Waals surface area (Å²) < 4.78 is 65.1. The molecule has 29 heavy (non-hydrogen) atoms. The highest BCUT2D eigenvalue weighted by Crippen LogP contribution is 2.36. The molecule has 0 unspecified atom stereocenters. The average Bonchev–Trinajstić information content (AvgIpc) is 2.67. The van der Waals surface area contributed by atoms with Gasteiger partial charge in [0.15, 0.2) is 0 Å². The number of ether oxygens (including phenoxy) is 2. The van der Waals surface area contributed by atoms with Gasteiger partial charge in [0.25, 0.3) is 5.91 Å². The smallest absolute Gasteiger partial charge is 0.441 e. The van der Waals surface area contributed by atoms with Crippen molar-refractivity contribution in [2.24, 2.45) is 0 Å². The maximum Gasteiger partial charge on any atom is 0.441 e. The van der Waals surface area contributed by atoms with Crippen molar-refractivity contribution in [1.82, 2.24) is 5.32 Å². The van der Waals surface area contributed by atoms with E-state index in [4.69, 9.17) is 4.74 Å². The molecule has 1 amide bonds. The Morgan fingerprint density at radius 3 is 2.21 bits per heavy atom. The van der Waals surface area contributed by atoms with Crippen LogP contribution in [0.15, 0.2) is 48.5 Å². The molecule has 0 radical (unpaired) electrons. The van der Waals surface area contributed by atoms with Crippen LogP contribution in [-0.4, -0.2) is 37.4 Å². The number of hydrogen-bond acceptors (Lipinski definition) is 5. The van der Waals surface area contributed by atoms with E-state index >= 15 is 0 Å². The number of rotatable bonds is 7. The van der Waals surface area contributed by atoms with Crippen LogP contribution in [0.5, 0.6) is 5.75 Å². The van der Waals surface area contributed by atoms with Gasteiger partial charge in [0.05, 0.1) is 19.4 Å². The summed E-state index contributed by atoms with van der Waals surface area (Å²) in [5.41, 5.74) is -4.12. The van der Waals surface area contributed by atoms with E-state index in [0.29, 0.717) is 0 Å². The van der Waals surface area contributed by atoms with Crippen LogP contribution in [0.2, 0.25) is 0 Å². The Bertz CT molecular complexity index is 871. The number of esters is 1. The van der Waals surface area contributed by atoms with Crippen molar-refractivity contribution < 1.29 is 36.6 Å². The molecule has 0 saturated heterocycles. The van der Waals surface area contributed by atoms with E-state index in [-0.39, 0.29) is 23.6 Å². The fourth-order valence-corrected chi connectivity index (χ4v) is 2.42. The molecule has 0 saturated carbocycles. The van der Waals surface area contributed by atoms with Gasteiger partial charge in [-0.15, -0.1) is 0 Å². The molecule has 0 spiro atoms. The standard InChI is InChI=1S/C19H18F4N2O4/c1-3-29-17(27)18(19(21,22)23,24-14-6-4-5-7-15(14)28-2)25-16(26)12-8-10-13(20)11-9-12/h4-11,24H,3H2,1-2H3,(H,25,26)/t18-/m1/s1. The van der Waals surface area contributed by atoms with Crippen LogP contribution in [0.25, 0.3) is 0 Å². The summed E-state index contributed by atoms with van der Waals surface area (Å²) in [7, 11) is 1.23. The Morgan fingerprint density at radius 2 is 1.66 bits per heavy atom. The predicted octanol–water partition coefficient (Wildman–Crippen LogP) is 3.50. The number of nitrogens with one attached hydrogen (secondary N) is 2. The van der Waals surface area contributed by atoms with Crippen LogP contribution < -0.4 is 15.4 Å². The monoisotopic (exact) mass is 414 g/mol. The summed E-state index contributed by atoms with van der Waals surface area (Å²) >= 11 is 0. The van der Waals surface area contributed by atoms with Gasteiger partial charge in [-0.3, -0.25) is 4.79 Å². The van der Waals surface area contributed by atoms with Crippen LogP contribution in [0.3, 0.4) is 0 Å². The summed E-state index contributed by atoms with van der Waals surface area (Å²) in [6.45, 7) is 0.959. The zero-order valence-electron chi connectivity index (χ0n) is 15.5. The first-order valence-corrected chi connectivity index (χ1v) is 8.38. The molecule has 0 fully saturated rings. The quantitative estimate of drug-likeness (QED) is 0.412. The van der Waals surface area contributed by atoms with E-state index < -0.39 is 29.5 Å². The number of hydrogen-bond donors (Lipinski definition) is 2. The topological polar surface area (TPSA) is 76.7 Å². The second-order valence-electron chi connectivity index (χ2n) is 5.75. The van der Waals surface area contributed by atoms with E-state index in [1.807, 2.05) is 5.32 Å². The number of anilines is 1. The third-order valence-electron chi connectivity index (χ3n) is 3.84. The highest BCUT2D eigenvalue weighted by molar-refractivity contribution is 5.99. The Labute approximate surface area is 163 Å². The minimum absolute atomic E-state index is 0.00135. The summed E-state index contributed by atoms with van der Waals surface area (Å²) in [6.07, 6.45) is -5.31. The minimum atomic E-state index is -5.31. The first-order chi connectivity index (χ1) is 13.6. The summed E-state index contributed by atoms with van der Waals surface area (Å²) in [5, 5.41) is 3.68. The van der Waals surface area contributed by atoms with E-state index in [2.05, 4.69) is 4.74 Å². The molecule has 0 aliphatic heterocycles. The number of amides is 1. The van der Waals surface area contributed by atoms with Gasteiger partial charge in [0, 0.05) is 5.56 Å². The lowest BCUT2D eigenvalue weighted by Crippen LogP contribution is -2.69. The second-order valence-corrected chi connectivity index (χ2v) is 5.75. The molecule has 6 nitrogen and oxygen atoms in total. The summed E-state index contributed by atoms with van der Waals surface area (Å²) in [6, 6.07) is 9.32. The molecule has 2 rings (SSSR count). The summed E-state index contributed by atoms with van der Waals surface area (Å²) in [5.74, 6) is -3.71. The van der Waals surface area contributed by atoms with Gasteiger partial charge in [-0.2, -0.15) is 13.2 Å². The number of carbonyl (C=O) groups is 2. The number of benzene rings is 2. The van der Waals surface area contributed by atoms with Crippen LogP contribution in [0.4, 0.5) is 23.2 Å². The third kappa shape index (κ3) is 4.76. The van der Waals surface area contributed by atoms with E-state index in [1.54, 1.807) is 5.32 Å². The predicted molar refractivity (Wildman–Crippen MR) is 95.9 cm³/mol. The molecule has 1 atom stereocenters. The van der Waals surface area contributed by atoms with E-state index in [1.165, 1.54) is 38.3 Å². The van der Waals surface area contributed by atoms with Gasteiger partial charge in [-0.05, 0) is 43.3 Å². The van der Waals surface area contributed by atoms with E-state index in [0.717, 1.165) is 24.3 Å². The number of carbonyl (C=O) groups excluding carboxylic acids is 2. The van der Waals surface area contributed by atoms with Gasteiger partial charge in [-0.1, -0.05) is 12.1 Å². The molecule has 156 valence electrons. The molecule has 0 aliphatic rings. The first kappa shape index (κ1) is 22.0. The zero-order chi connectivity index (χ0) is 21.7. The molecule has 10 heteroatoms. The maximum absolute atomic E-state index is 14.1.